The molecule has 188 valence electrons. The smallest absolute Gasteiger partial charge is 0.240 e. The standard InChI is InChI=1S/C30H34N2O3S/c1-2-17-31-36(34,35)28-14-8-7-13-27(28)30(33)15-18-32(19-16-30)21-29-20-24(22-9-3-5-11-25(22)29)23-10-4-6-12-26(23)29/h3-14,24,31,33H,2,15-21H2,1H3. The molecule has 6 heteroatoms. The molecular weight excluding hydrogens is 468 g/mol. The number of fused-ring (bicyclic) bond motifs is 8. The summed E-state index contributed by atoms with van der Waals surface area (Å²) < 4.78 is 28.6. The fraction of sp³-hybridized carbons (Fsp3) is 0.400. The molecule has 1 aliphatic heterocycles. The summed E-state index contributed by atoms with van der Waals surface area (Å²) in [5.74, 6) is 0.465. The maximum absolute atomic E-state index is 13.0. The third kappa shape index (κ3) is 3.66. The van der Waals surface area contributed by atoms with Gasteiger partial charge in [0.15, 0.2) is 0 Å². The molecule has 1 saturated heterocycles. The van der Waals surface area contributed by atoms with Gasteiger partial charge in [0.05, 0.1) is 10.5 Å². The Morgan fingerprint density at radius 3 is 2.06 bits per heavy atom. The molecule has 2 bridgehead atoms. The summed E-state index contributed by atoms with van der Waals surface area (Å²) in [5.41, 5.74) is 5.17. The largest absolute Gasteiger partial charge is 0.385 e. The highest BCUT2D eigenvalue weighted by Gasteiger charge is 2.53. The maximum atomic E-state index is 13.0. The zero-order valence-electron chi connectivity index (χ0n) is 20.8. The molecule has 2 N–H and O–H groups in total. The van der Waals surface area contributed by atoms with Gasteiger partial charge in [-0.05, 0) is 54.0 Å². The lowest BCUT2D eigenvalue weighted by atomic mass is 9.74. The fourth-order valence-corrected chi connectivity index (χ4v) is 8.37. The van der Waals surface area contributed by atoms with Crippen molar-refractivity contribution < 1.29 is 13.5 Å². The van der Waals surface area contributed by atoms with Crippen LogP contribution in [0, 0.1) is 0 Å². The van der Waals surface area contributed by atoms with Gasteiger partial charge in [0.1, 0.15) is 0 Å². The van der Waals surface area contributed by atoms with Crippen molar-refractivity contribution in [3.8, 4) is 0 Å². The first-order valence-corrected chi connectivity index (χ1v) is 14.6. The molecule has 0 unspecified atom stereocenters. The quantitative estimate of drug-likeness (QED) is 0.499. The van der Waals surface area contributed by atoms with Crippen LogP contribution in [0.4, 0.5) is 0 Å². The van der Waals surface area contributed by atoms with Gasteiger partial charge in [-0.3, -0.25) is 0 Å². The topological polar surface area (TPSA) is 69.6 Å². The zero-order valence-corrected chi connectivity index (χ0v) is 21.6. The number of nitrogens with one attached hydrogen (secondary N) is 1. The molecule has 0 saturated carbocycles. The number of hydrogen-bond acceptors (Lipinski definition) is 4. The van der Waals surface area contributed by atoms with Crippen molar-refractivity contribution in [2.24, 2.45) is 0 Å². The van der Waals surface area contributed by atoms with Gasteiger partial charge >= 0.3 is 0 Å². The molecule has 0 atom stereocenters. The van der Waals surface area contributed by atoms with Crippen molar-refractivity contribution in [3.05, 3.63) is 101 Å². The predicted octanol–water partition coefficient (Wildman–Crippen LogP) is 4.49. The first-order chi connectivity index (χ1) is 17.4. The van der Waals surface area contributed by atoms with E-state index in [1.807, 2.05) is 13.0 Å². The van der Waals surface area contributed by atoms with Gasteiger partial charge in [-0.1, -0.05) is 73.7 Å². The van der Waals surface area contributed by atoms with Crippen LogP contribution in [0.5, 0.6) is 0 Å². The molecule has 0 aromatic heterocycles. The number of aliphatic hydroxyl groups is 1. The zero-order chi connectivity index (χ0) is 25.0. The Morgan fingerprint density at radius 2 is 1.44 bits per heavy atom. The number of nitrogens with zero attached hydrogens (tertiary/aromatic N) is 1. The molecule has 0 amide bonds. The Labute approximate surface area is 214 Å². The Hall–Kier alpha value is -2.51. The van der Waals surface area contributed by atoms with Crippen LogP contribution in [0.15, 0.2) is 77.7 Å². The molecule has 3 aromatic carbocycles. The minimum Gasteiger partial charge on any atom is -0.385 e. The maximum Gasteiger partial charge on any atom is 0.240 e. The minimum atomic E-state index is -3.67. The first kappa shape index (κ1) is 23.9. The van der Waals surface area contributed by atoms with Crippen LogP contribution >= 0.6 is 0 Å². The van der Waals surface area contributed by atoms with Crippen molar-refractivity contribution in [3.63, 3.8) is 0 Å². The first-order valence-electron chi connectivity index (χ1n) is 13.1. The molecule has 5 nitrogen and oxygen atoms in total. The second-order valence-electron chi connectivity index (χ2n) is 10.7. The van der Waals surface area contributed by atoms with Crippen LogP contribution in [-0.2, 0) is 21.0 Å². The minimum absolute atomic E-state index is 0.0152. The third-order valence-corrected chi connectivity index (χ3v) is 10.2. The van der Waals surface area contributed by atoms with Gasteiger partial charge < -0.3 is 10.0 Å². The number of piperidine rings is 1. The van der Waals surface area contributed by atoms with E-state index in [9.17, 15) is 13.5 Å². The van der Waals surface area contributed by atoms with Crippen LogP contribution in [0.1, 0.15) is 66.3 Å². The summed E-state index contributed by atoms with van der Waals surface area (Å²) in [5, 5.41) is 11.7. The van der Waals surface area contributed by atoms with Crippen molar-refractivity contribution >= 4 is 10.0 Å². The summed E-state index contributed by atoms with van der Waals surface area (Å²) in [6, 6.07) is 24.7. The molecule has 3 aliphatic rings. The Morgan fingerprint density at radius 1 is 0.889 bits per heavy atom. The van der Waals surface area contributed by atoms with E-state index < -0.39 is 15.6 Å². The van der Waals surface area contributed by atoms with Gasteiger partial charge in [-0.15, -0.1) is 0 Å². The van der Waals surface area contributed by atoms with Gasteiger partial charge in [0.2, 0.25) is 10.0 Å². The van der Waals surface area contributed by atoms with E-state index in [2.05, 4.69) is 58.2 Å². The molecule has 36 heavy (non-hydrogen) atoms. The average molecular weight is 503 g/mol. The molecular formula is C30H34N2O3S. The Bertz CT molecular complexity index is 1350. The lowest BCUT2D eigenvalue weighted by molar-refractivity contribution is -0.0310. The van der Waals surface area contributed by atoms with Crippen molar-refractivity contribution in [1.82, 2.24) is 9.62 Å². The Kier molecular flexibility index (Phi) is 5.84. The number of benzene rings is 3. The number of hydrogen-bond donors (Lipinski definition) is 2. The van der Waals surface area contributed by atoms with E-state index in [0.29, 0.717) is 30.9 Å². The normalized spacial score (nSPS) is 24.4. The van der Waals surface area contributed by atoms with Crippen LogP contribution in [0.2, 0.25) is 0 Å². The second-order valence-corrected chi connectivity index (χ2v) is 12.5. The molecule has 0 radical (unpaired) electrons. The van der Waals surface area contributed by atoms with Crippen molar-refractivity contribution in [2.45, 2.75) is 54.4 Å². The predicted molar refractivity (Wildman–Crippen MR) is 142 cm³/mol. The number of sulfonamides is 1. The van der Waals surface area contributed by atoms with Gasteiger partial charge in [-0.2, -0.15) is 0 Å². The lowest BCUT2D eigenvalue weighted by Gasteiger charge is -2.43. The highest BCUT2D eigenvalue weighted by Crippen LogP contribution is 2.60. The van der Waals surface area contributed by atoms with Gasteiger partial charge in [-0.25, -0.2) is 13.1 Å². The summed E-state index contributed by atoms with van der Waals surface area (Å²) in [6.45, 7) is 4.69. The SMILES string of the molecule is CCCNS(=O)(=O)c1ccccc1C1(O)CCN(CC23CC(c4ccccc42)c2ccccc23)CC1. The van der Waals surface area contributed by atoms with Gasteiger partial charge in [0.25, 0.3) is 0 Å². The van der Waals surface area contributed by atoms with Gasteiger partial charge in [0, 0.05) is 43.1 Å². The van der Waals surface area contributed by atoms with E-state index in [1.54, 1.807) is 18.2 Å². The number of rotatable bonds is 7. The van der Waals surface area contributed by atoms with Crippen molar-refractivity contribution in [1.29, 1.82) is 0 Å². The highest BCUT2D eigenvalue weighted by atomic mass is 32.2. The highest BCUT2D eigenvalue weighted by molar-refractivity contribution is 7.89. The summed E-state index contributed by atoms with van der Waals surface area (Å²) in [7, 11) is -3.67. The van der Waals surface area contributed by atoms with E-state index in [1.165, 1.54) is 22.3 Å². The molecule has 0 spiro atoms. The molecule has 6 rings (SSSR count). The fourth-order valence-electron chi connectivity index (χ4n) is 6.94. The number of likely N-dealkylation sites (tertiary alicyclic amines) is 1. The van der Waals surface area contributed by atoms with Crippen LogP contribution in [0.3, 0.4) is 0 Å². The summed E-state index contributed by atoms with van der Waals surface area (Å²) >= 11 is 0. The van der Waals surface area contributed by atoms with Crippen molar-refractivity contribution in [2.75, 3.05) is 26.2 Å². The lowest BCUT2D eigenvalue weighted by Crippen LogP contribution is -2.48. The molecule has 1 fully saturated rings. The Balaban J connectivity index is 1.26. The second kappa shape index (κ2) is 8.80. The average Bonchev–Trinajstić information content (AvgIpc) is 3.41. The van der Waals surface area contributed by atoms with Crippen LogP contribution in [0.25, 0.3) is 0 Å². The summed E-state index contributed by atoms with van der Waals surface area (Å²) in [4.78, 5) is 2.67. The monoisotopic (exact) mass is 502 g/mol. The van der Waals surface area contributed by atoms with E-state index >= 15 is 0 Å². The molecule has 3 aromatic rings. The third-order valence-electron chi connectivity index (χ3n) is 8.65. The molecule has 2 aliphatic carbocycles. The van der Waals surface area contributed by atoms with Crippen LogP contribution < -0.4 is 4.72 Å². The van der Waals surface area contributed by atoms with Crippen LogP contribution in [-0.4, -0.2) is 44.6 Å². The van der Waals surface area contributed by atoms with E-state index in [0.717, 1.165) is 32.5 Å². The molecule has 1 heterocycles. The van der Waals surface area contributed by atoms with E-state index in [-0.39, 0.29) is 10.3 Å². The summed E-state index contributed by atoms with van der Waals surface area (Å²) in [6.07, 6.45) is 2.85. The van der Waals surface area contributed by atoms with E-state index in [4.69, 9.17) is 0 Å².